The van der Waals surface area contributed by atoms with Gasteiger partial charge in [0.25, 0.3) is 5.91 Å². The van der Waals surface area contributed by atoms with Crippen LogP contribution in [0.25, 0.3) is 0 Å². The highest BCUT2D eigenvalue weighted by Crippen LogP contribution is 2.29. The van der Waals surface area contributed by atoms with Crippen molar-refractivity contribution >= 4 is 11.6 Å². The van der Waals surface area contributed by atoms with E-state index in [-0.39, 0.29) is 5.91 Å². The Balaban J connectivity index is 1.76. The molecule has 3 heteroatoms. The van der Waals surface area contributed by atoms with Gasteiger partial charge in [-0.15, -0.1) is 0 Å². The van der Waals surface area contributed by atoms with Gasteiger partial charge in [-0.1, -0.05) is 43.3 Å². The van der Waals surface area contributed by atoms with Gasteiger partial charge in [0.05, 0.1) is 0 Å². The molecule has 0 unspecified atom stereocenters. The number of hydrogen-bond acceptors (Lipinski definition) is 2. The minimum atomic E-state index is -0.487. The number of carbonyl (C=O) groups is 1. The number of benzene rings is 2. The average Bonchev–Trinajstić information content (AvgIpc) is 2.98. The molecule has 1 aliphatic heterocycles. The second-order valence-electron chi connectivity index (χ2n) is 5.59. The van der Waals surface area contributed by atoms with Gasteiger partial charge in [-0.25, -0.2) is 0 Å². The molecule has 0 radical (unpaired) electrons. The zero-order valence-corrected chi connectivity index (χ0v) is 13.1. The van der Waals surface area contributed by atoms with Gasteiger partial charge < -0.3 is 9.64 Å². The molecule has 2 aromatic rings. The first kappa shape index (κ1) is 14.6. The van der Waals surface area contributed by atoms with Crippen LogP contribution in [0.2, 0.25) is 0 Å². The smallest absolute Gasteiger partial charge is 0.267 e. The Morgan fingerprint density at radius 1 is 1.18 bits per heavy atom. The first-order valence-corrected chi connectivity index (χ1v) is 7.84. The number of para-hydroxylation sites is 2. The van der Waals surface area contributed by atoms with E-state index in [0.29, 0.717) is 0 Å². The van der Waals surface area contributed by atoms with Gasteiger partial charge in [0.1, 0.15) is 5.75 Å². The van der Waals surface area contributed by atoms with E-state index in [1.54, 1.807) is 0 Å². The summed E-state index contributed by atoms with van der Waals surface area (Å²) in [5.74, 6) is 0.828. The van der Waals surface area contributed by atoms with Crippen LogP contribution in [0.3, 0.4) is 0 Å². The molecule has 0 aromatic heterocycles. The Hall–Kier alpha value is -2.29. The number of anilines is 1. The number of rotatable bonds is 4. The molecule has 22 heavy (non-hydrogen) atoms. The third-order valence-corrected chi connectivity index (χ3v) is 4.16. The summed E-state index contributed by atoms with van der Waals surface area (Å²) in [6.45, 7) is 4.66. The summed E-state index contributed by atoms with van der Waals surface area (Å²) >= 11 is 0. The van der Waals surface area contributed by atoms with Crippen molar-refractivity contribution in [3.05, 3.63) is 59.7 Å². The van der Waals surface area contributed by atoms with Crippen LogP contribution in [0.4, 0.5) is 5.69 Å². The van der Waals surface area contributed by atoms with Crippen molar-refractivity contribution in [2.75, 3.05) is 11.4 Å². The van der Waals surface area contributed by atoms with Gasteiger partial charge in [-0.3, -0.25) is 4.79 Å². The van der Waals surface area contributed by atoms with Crippen LogP contribution in [0.15, 0.2) is 48.5 Å². The number of ether oxygens (including phenoxy) is 1. The molecule has 0 saturated heterocycles. The largest absolute Gasteiger partial charge is 0.481 e. The number of amides is 1. The molecular formula is C19H21NO2. The highest BCUT2D eigenvalue weighted by Gasteiger charge is 2.28. The molecule has 1 heterocycles. The summed E-state index contributed by atoms with van der Waals surface area (Å²) in [7, 11) is 0. The molecule has 0 spiro atoms. The summed E-state index contributed by atoms with van der Waals surface area (Å²) in [5, 5.41) is 0. The standard InChI is InChI=1S/C19H21NO2/c1-3-15-8-5-7-11-18(15)22-14(2)19(21)20-13-12-16-9-4-6-10-17(16)20/h4-11,14H,3,12-13H2,1-2H3/t14-/m0/s1. The minimum absolute atomic E-state index is 0.0239. The van der Waals surface area contributed by atoms with E-state index in [1.807, 2.05) is 54.3 Å². The lowest BCUT2D eigenvalue weighted by Crippen LogP contribution is -2.39. The molecule has 3 nitrogen and oxygen atoms in total. The zero-order valence-electron chi connectivity index (χ0n) is 13.1. The van der Waals surface area contributed by atoms with Crippen molar-refractivity contribution in [1.29, 1.82) is 0 Å². The Morgan fingerprint density at radius 2 is 1.91 bits per heavy atom. The molecular weight excluding hydrogens is 274 g/mol. The van der Waals surface area contributed by atoms with Gasteiger partial charge in [0, 0.05) is 12.2 Å². The van der Waals surface area contributed by atoms with Gasteiger partial charge in [-0.05, 0) is 43.0 Å². The zero-order chi connectivity index (χ0) is 15.5. The lowest BCUT2D eigenvalue weighted by molar-refractivity contribution is -0.124. The van der Waals surface area contributed by atoms with Crippen LogP contribution in [0.5, 0.6) is 5.75 Å². The van der Waals surface area contributed by atoms with Crippen molar-refractivity contribution in [3.63, 3.8) is 0 Å². The number of fused-ring (bicyclic) bond motifs is 1. The SMILES string of the molecule is CCc1ccccc1O[C@@H](C)C(=O)N1CCc2ccccc21. The average molecular weight is 295 g/mol. The molecule has 0 saturated carbocycles. The van der Waals surface area contributed by atoms with E-state index in [4.69, 9.17) is 4.74 Å². The second-order valence-corrected chi connectivity index (χ2v) is 5.59. The Kier molecular flexibility index (Phi) is 4.14. The minimum Gasteiger partial charge on any atom is -0.481 e. The van der Waals surface area contributed by atoms with Crippen molar-refractivity contribution in [2.24, 2.45) is 0 Å². The molecule has 2 aromatic carbocycles. The molecule has 0 N–H and O–H groups in total. The van der Waals surface area contributed by atoms with Crippen LogP contribution in [-0.4, -0.2) is 18.6 Å². The van der Waals surface area contributed by atoms with E-state index >= 15 is 0 Å². The number of nitrogens with zero attached hydrogens (tertiary/aromatic N) is 1. The van der Waals surface area contributed by atoms with Crippen molar-refractivity contribution in [2.45, 2.75) is 32.8 Å². The first-order valence-electron chi connectivity index (χ1n) is 7.84. The van der Waals surface area contributed by atoms with E-state index in [9.17, 15) is 4.79 Å². The lowest BCUT2D eigenvalue weighted by Gasteiger charge is -2.23. The van der Waals surface area contributed by atoms with Crippen LogP contribution >= 0.6 is 0 Å². The maximum atomic E-state index is 12.7. The van der Waals surface area contributed by atoms with Gasteiger partial charge in [0.15, 0.2) is 6.10 Å². The molecule has 0 bridgehead atoms. The Labute approximate surface area is 131 Å². The van der Waals surface area contributed by atoms with E-state index < -0.39 is 6.10 Å². The monoisotopic (exact) mass is 295 g/mol. The van der Waals surface area contributed by atoms with Crippen molar-refractivity contribution in [3.8, 4) is 5.75 Å². The first-order chi connectivity index (χ1) is 10.7. The van der Waals surface area contributed by atoms with E-state index in [0.717, 1.165) is 36.4 Å². The third-order valence-electron chi connectivity index (χ3n) is 4.16. The highest BCUT2D eigenvalue weighted by atomic mass is 16.5. The third kappa shape index (κ3) is 2.71. The topological polar surface area (TPSA) is 29.5 Å². The molecule has 1 atom stereocenters. The van der Waals surface area contributed by atoms with Crippen LogP contribution < -0.4 is 9.64 Å². The summed E-state index contributed by atoms with van der Waals surface area (Å²) in [5.41, 5.74) is 3.38. The highest BCUT2D eigenvalue weighted by molar-refractivity contribution is 5.98. The van der Waals surface area contributed by atoms with Gasteiger partial charge in [0.2, 0.25) is 0 Å². The normalized spacial score (nSPS) is 14.5. The Bertz CT molecular complexity index is 681. The molecule has 0 aliphatic carbocycles. The fraction of sp³-hybridized carbons (Fsp3) is 0.316. The van der Waals surface area contributed by atoms with Crippen LogP contribution in [0, 0.1) is 0 Å². The molecule has 0 fully saturated rings. The predicted molar refractivity (Wildman–Crippen MR) is 88.4 cm³/mol. The van der Waals surface area contributed by atoms with Gasteiger partial charge >= 0.3 is 0 Å². The van der Waals surface area contributed by atoms with Crippen molar-refractivity contribution < 1.29 is 9.53 Å². The summed E-state index contributed by atoms with van der Waals surface area (Å²) < 4.78 is 5.93. The van der Waals surface area contributed by atoms with Gasteiger partial charge in [-0.2, -0.15) is 0 Å². The fourth-order valence-electron chi connectivity index (χ4n) is 2.94. The quantitative estimate of drug-likeness (QED) is 0.862. The number of carbonyl (C=O) groups excluding carboxylic acids is 1. The van der Waals surface area contributed by atoms with E-state index in [2.05, 4.69) is 13.0 Å². The summed E-state index contributed by atoms with van der Waals surface area (Å²) in [6.07, 6.45) is 1.32. The van der Waals surface area contributed by atoms with Crippen LogP contribution in [-0.2, 0) is 17.6 Å². The van der Waals surface area contributed by atoms with Crippen molar-refractivity contribution in [1.82, 2.24) is 0 Å². The lowest BCUT2D eigenvalue weighted by atomic mass is 10.1. The predicted octanol–water partition coefficient (Wildman–Crippen LogP) is 3.61. The number of hydrogen-bond donors (Lipinski definition) is 0. The fourth-order valence-corrected chi connectivity index (χ4v) is 2.94. The van der Waals surface area contributed by atoms with E-state index in [1.165, 1.54) is 5.56 Å². The molecule has 3 rings (SSSR count). The molecule has 1 aliphatic rings. The second kappa shape index (κ2) is 6.22. The molecule has 1 amide bonds. The molecule has 114 valence electrons. The van der Waals surface area contributed by atoms with Crippen LogP contribution in [0.1, 0.15) is 25.0 Å². The Morgan fingerprint density at radius 3 is 2.73 bits per heavy atom. The summed E-state index contributed by atoms with van der Waals surface area (Å²) in [6, 6.07) is 16.0. The maximum absolute atomic E-state index is 12.7. The maximum Gasteiger partial charge on any atom is 0.267 e. The number of aryl methyl sites for hydroxylation is 1. The summed E-state index contributed by atoms with van der Waals surface area (Å²) in [4.78, 5) is 14.6.